The van der Waals surface area contributed by atoms with E-state index in [1.807, 2.05) is 0 Å². The second-order valence-corrected chi connectivity index (χ2v) is 3.01. The Bertz CT molecular complexity index is 332. The summed E-state index contributed by atoms with van der Waals surface area (Å²) in [7, 11) is 0. The Labute approximate surface area is 79.3 Å². The molecule has 1 aromatic carbocycles. The van der Waals surface area contributed by atoms with Gasteiger partial charge in [-0.1, -0.05) is 17.7 Å². The molecule has 1 unspecified atom stereocenters. The van der Waals surface area contributed by atoms with E-state index in [0.29, 0.717) is 5.56 Å². The van der Waals surface area contributed by atoms with E-state index in [0.717, 1.165) is 6.07 Å². The van der Waals surface area contributed by atoms with Gasteiger partial charge in [0.1, 0.15) is 11.2 Å². The summed E-state index contributed by atoms with van der Waals surface area (Å²) in [5.74, 6) is -0.560. The van der Waals surface area contributed by atoms with Gasteiger partial charge in [0, 0.05) is 0 Å². The van der Waals surface area contributed by atoms with E-state index < -0.39 is 11.2 Å². The van der Waals surface area contributed by atoms with Crippen LogP contribution in [-0.2, 0) is 0 Å². The summed E-state index contributed by atoms with van der Waals surface area (Å²) >= 11 is 11.0. The fourth-order valence-corrected chi connectivity index (χ4v) is 0.998. The van der Waals surface area contributed by atoms with Crippen LogP contribution in [0.1, 0.15) is 10.9 Å². The van der Waals surface area contributed by atoms with Gasteiger partial charge in [-0.05, 0) is 17.7 Å². The van der Waals surface area contributed by atoms with E-state index in [-0.39, 0.29) is 5.02 Å². The number of rotatable bonds is 1. The Morgan fingerprint density at radius 2 is 2.17 bits per heavy atom. The quantitative estimate of drug-likeness (QED) is 0.644. The molecule has 1 aromatic rings. The van der Waals surface area contributed by atoms with Crippen LogP contribution < -0.4 is 0 Å². The maximum Gasteiger partial charge on any atom is 0.145 e. The maximum absolute atomic E-state index is 12.8. The minimum atomic E-state index is -0.822. The van der Waals surface area contributed by atoms with E-state index in [1.165, 1.54) is 12.1 Å². The minimum Gasteiger partial charge on any atom is -0.205 e. The number of hydrogen-bond acceptors (Lipinski definition) is 1. The molecule has 0 N–H and O–H groups in total. The fraction of sp³-hybridized carbons (Fsp3) is 0.125. The van der Waals surface area contributed by atoms with Gasteiger partial charge in [-0.15, -0.1) is 11.6 Å². The van der Waals surface area contributed by atoms with Crippen LogP contribution in [-0.4, -0.2) is 0 Å². The smallest absolute Gasteiger partial charge is 0.145 e. The number of hydrogen-bond donors (Lipinski definition) is 0. The average Bonchev–Trinajstić information content (AvgIpc) is 2.08. The normalized spacial score (nSPS) is 12.2. The molecule has 0 bridgehead atoms. The maximum atomic E-state index is 12.8. The number of halogens is 3. The SMILES string of the molecule is N#CC(Cl)c1ccc(Cl)c(F)c1. The van der Waals surface area contributed by atoms with Crippen molar-refractivity contribution < 1.29 is 4.39 Å². The first-order chi connectivity index (χ1) is 5.65. The molecule has 62 valence electrons. The predicted octanol–water partition coefficient (Wildman–Crippen LogP) is 3.28. The highest BCUT2D eigenvalue weighted by Gasteiger charge is 2.08. The molecule has 4 heteroatoms. The van der Waals surface area contributed by atoms with Crippen molar-refractivity contribution in [1.29, 1.82) is 5.26 Å². The van der Waals surface area contributed by atoms with E-state index >= 15 is 0 Å². The molecule has 0 aliphatic heterocycles. The summed E-state index contributed by atoms with van der Waals surface area (Å²) in [5, 5.41) is 7.62. The van der Waals surface area contributed by atoms with Crippen molar-refractivity contribution in [2.45, 2.75) is 5.38 Å². The molecule has 0 fully saturated rings. The zero-order valence-electron chi connectivity index (χ0n) is 5.89. The lowest BCUT2D eigenvalue weighted by Gasteiger charge is -2.00. The first-order valence-electron chi connectivity index (χ1n) is 3.14. The molecule has 0 saturated carbocycles. The van der Waals surface area contributed by atoms with Crippen molar-refractivity contribution in [3.8, 4) is 6.07 Å². The van der Waals surface area contributed by atoms with E-state index in [2.05, 4.69) is 0 Å². The van der Waals surface area contributed by atoms with Crippen LogP contribution in [0.5, 0.6) is 0 Å². The van der Waals surface area contributed by atoms with Gasteiger partial charge in [0.2, 0.25) is 0 Å². The Hall–Kier alpha value is -0.780. The molecular weight excluding hydrogens is 200 g/mol. The largest absolute Gasteiger partial charge is 0.205 e. The van der Waals surface area contributed by atoms with Crippen LogP contribution in [0.15, 0.2) is 18.2 Å². The summed E-state index contributed by atoms with van der Waals surface area (Å²) in [5.41, 5.74) is 0.418. The van der Waals surface area contributed by atoms with Crippen LogP contribution in [0.3, 0.4) is 0 Å². The highest BCUT2D eigenvalue weighted by atomic mass is 35.5. The van der Waals surface area contributed by atoms with Gasteiger partial charge >= 0.3 is 0 Å². The third-order valence-corrected chi connectivity index (χ3v) is 2.01. The standard InChI is InChI=1S/C8H4Cl2FN/c9-6-2-1-5(3-8(6)11)7(10)4-12/h1-3,7H. The van der Waals surface area contributed by atoms with Crippen molar-refractivity contribution in [3.05, 3.63) is 34.6 Å². The Kier molecular flexibility index (Phi) is 2.91. The van der Waals surface area contributed by atoms with E-state index in [9.17, 15) is 4.39 Å². The number of nitriles is 1. The Balaban J connectivity index is 3.06. The molecule has 0 spiro atoms. The third-order valence-electron chi connectivity index (χ3n) is 1.35. The molecule has 0 aromatic heterocycles. The summed E-state index contributed by atoms with van der Waals surface area (Å²) in [6, 6.07) is 5.83. The van der Waals surface area contributed by atoms with Gasteiger partial charge in [-0.25, -0.2) is 4.39 Å². The minimum absolute atomic E-state index is 0.0283. The van der Waals surface area contributed by atoms with E-state index in [4.69, 9.17) is 28.5 Å². The first kappa shape index (κ1) is 9.31. The predicted molar refractivity (Wildman–Crippen MR) is 45.6 cm³/mol. The monoisotopic (exact) mass is 203 g/mol. The highest BCUT2D eigenvalue weighted by Crippen LogP contribution is 2.23. The van der Waals surface area contributed by atoms with Crippen molar-refractivity contribution in [2.24, 2.45) is 0 Å². The topological polar surface area (TPSA) is 23.8 Å². The molecule has 0 aliphatic carbocycles. The van der Waals surface area contributed by atoms with Gasteiger partial charge in [0.05, 0.1) is 11.1 Å². The Morgan fingerprint density at radius 1 is 1.50 bits per heavy atom. The van der Waals surface area contributed by atoms with Crippen LogP contribution in [0.2, 0.25) is 5.02 Å². The third kappa shape index (κ3) is 1.88. The van der Waals surface area contributed by atoms with Gasteiger partial charge in [0.15, 0.2) is 0 Å². The molecule has 12 heavy (non-hydrogen) atoms. The van der Waals surface area contributed by atoms with Crippen molar-refractivity contribution in [2.75, 3.05) is 0 Å². The lowest BCUT2D eigenvalue weighted by molar-refractivity contribution is 0.626. The van der Waals surface area contributed by atoms with Crippen molar-refractivity contribution in [1.82, 2.24) is 0 Å². The Morgan fingerprint density at radius 3 is 2.67 bits per heavy atom. The molecule has 0 radical (unpaired) electrons. The average molecular weight is 204 g/mol. The summed E-state index contributed by atoms with van der Waals surface area (Å²) in [6.45, 7) is 0. The highest BCUT2D eigenvalue weighted by molar-refractivity contribution is 6.30. The molecule has 0 amide bonds. The second-order valence-electron chi connectivity index (χ2n) is 2.17. The lowest BCUT2D eigenvalue weighted by Crippen LogP contribution is -1.87. The van der Waals surface area contributed by atoms with E-state index in [1.54, 1.807) is 6.07 Å². The zero-order valence-corrected chi connectivity index (χ0v) is 7.40. The number of nitrogens with zero attached hydrogens (tertiary/aromatic N) is 1. The van der Waals surface area contributed by atoms with Crippen LogP contribution in [0.4, 0.5) is 4.39 Å². The summed E-state index contributed by atoms with van der Waals surface area (Å²) in [6.07, 6.45) is 0. The number of benzene rings is 1. The zero-order chi connectivity index (χ0) is 9.14. The van der Waals surface area contributed by atoms with Crippen LogP contribution in [0.25, 0.3) is 0 Å². The first-order valence-corrected chi connectivity index (χ1v) is 3.95. The molecule has 1 atom stereocenters. The van der Waals surface area contributed by atoms with Gasteiger partial charge < -0.3 is 0 Å². The van der Waals surface area contributed by atoms with Gasteiger partial charge in [-0.3, -0.25) is 0 Å². The second kappa shape index (κ2) is 3.75. The van der Waals surface area contributed by atoms with Gasteiger partial charge in [-0.2, -0.15) is 5.26 Å². The lowest BCUT2D eigenvalue weighted by atomic mass is 10.1. The molecule has 1 nitrogen and oxygen atoms in total. The van der Waals surface area contributed by atoms with Crippen LogP contribution >= 0.6 is 23.2 Å². The molecule has 0 aliphatic rings. The molecule has 1 rings (SSSR count). The summed E-state index contributed by atoms with van der Waals surface area (Å²) in [4.78, 5) is 0. The molecule has 0 heterocycles. The fourth-order valence-electron chi connectivity index (χ4n) is 0.745. The molecule has 0 saturated heterocycles. The molecular formula is C8H4Cl2FN. The van der Waals surface area contributed by atoms with Crippen molar-refractivity contribution >= 4 is 23.2 Å². The van der Waals surface area contributed by atoms with Crippen molar-refractivity contribution in [3.63, 3.8) is 0 Å². The van der Waals surface area contributed by atoms with Crippen LogP contribution in [0, 0.1) is 17.1 Å². The van der Waals surface area contributed by atoms with Gasteiger partial charge in [0.25, 0.3) is 0 Å². The number of alkyl halides is 1. The summed E-state index contributed by atoms with van der Waals surface area (Å²) < 4.78 is 12.8.